The molecule has 0 radical (unpaired) electrons. The van der Waals surface area contributed by atoms with Crippen molar-refractivity contribution in [1.29, 1.82) is 0 Å². The Morgan fingerprint density at radius 3 is 2.19 bits per heavy atom. The minimum absolute atomic E-state index is 0.277. The Bertz CT molecular complexity index is 472. The summed E-state index contributed by atoms with van der Waals surface area (Å²) in [5.41, 5.74) is 1.12. The molecule has 4 nitrogen and oxygen atoms in total. The average molecular weight is 288 g/mol. The first kappa shape index (κ1) is 14.2. The molecule has 1 saturated heterocycles. The summed E-state index contributed by atoms with van der Waals surface area (Å²) in [5, 5.41) is 9.34. The molecule has 1 aliphatic carbocycles. The first-order chi connectivity index (χ1) is 10.2. The summed E-state index contributed by atoms with van der Waals surface area (Å²) in [7, 11) is 0. The van der Waals surface area contributed by atoms with Crippen molar-refractivity contribution in [1.82, 2.24) is 4.90 Å². The van der Waals surface area contributed by atoms with Crippen LogP contribution in [0.4, 0.5) is 5.69 Å². The molecule has 21 heavy (non-hydrogen) atoms. The third-order valence-corrected chi connectivity index (χ3v) is 4.76. The van der Waals surface area contributed by atoms with Crippen LogP contribution in [0.5, 0.6) is 5.75 Å². The van der Waals surface area contributed by atoms with E-state index in [-0.39, 0.29) is 5.92 Å². The van der Waals surface area contributed by atoms with Crippen LogP contribution >= 0.6 is 0 Å². The normalized spacial score (nSPS) is 20.6. The second kappa shape index (κ2) is 6.37. The van der Waals surface area contributed by atoms with Gasteiger partial charge in [-0.15, -0.1) is 0 Å². The molecule has 0 bridgehead atoms. The van der Waals surface area contributed by atoms with Crippen LogP contribution < -0.4 is 4.90 Å². The van der Waals surface area contributed by atoms with E-state index >= 15 is 0 Å². The van der Waals surface area contributed by atoms with Gasteiger partial charge in [-0.25, -0.2) is 0 Å². The average Bonchev–Trinajstić information content (AvgIpc) is 2.56. The molecule has 0 atom stereocenters. The molecule has 3 rings (SSSR count). The van der Waals surface area contributed by atoms with Gasteiger partial charge in [0.2, 0.25) is 5.91 Å². The van der Waals surface area contributed by atoms with Gasteiger partial charge in [-0.3, -0.25) is 4.79 Å². The molecule has 0 spiro atoms. The number of hydrogen-bond acceptors (Lipinski definition) is 3. The highest BCUT2D eigenvalue weighted by Gasteiger charge is 2.28. The number of nitrogens with zero attached hydrogens (tertiary/aromatic N) is 2. The summed E-state index contributed by atoms with van der Waals surface area (Å²) in [4.78, 5) is 16.8. The Morgan fingerprint density at radius 2 is 1.57 bits per heavy atom. The van der Waals surface area contributed by atoms with Crippen LogP contribution in [0.2, 0.25) is 0 Å². The van der Waals surface area contributed by atoms with Crippen molar-refractivity contribution >= 4 is 11.6 Å². The van der Waals surface area contributed by atoms with Crippen molar-refractivity contribution in [2.24, 2.45) is 5.92 Å². The van der Waals surface area contributed by atoms with E-state index in [1.54, 1.807) is 12.1 Å². The number of aromatic hydroxyl groups is 1. The zero-order chi connectivity index (χ0) is 14.7. The fourth-order valence-corrected chi connectivity index (χ4v) is 3.46. The summed E-state index contributed by atoms with van der Waals surface area (Å²) >= 11 is 0. The third kappa shape index (κ3) is 3.31. The molecule has 1 aromatic carbocycles. The van der Waals surface area contributed by atoms with Gasteiger partial charge in [0.25, 0.3) is 0 Å². The van der Waals surface area contributed by atoms with Gasteiger partial charge in [0.15, 0.2) is 0 Å². The van der Waals surface area contributed by atoms with Crippen molar-refractivity contribution in [2.45, 2.75) is 32.1 Å². The molecule has 2 aliphatic rings. The Hall–Kier alpha value is -1.71. The number of carbonyl (C=O) groups excluding carboxylic acids is 1. The van der Waals surface area contributed by atoms with Crippen molar-refractivity contribution in [3.05, 3.63) is 24.3 Å². The molecule has 1 aromatic rings. The molecule has 0 aromatic heterocycles. The fraction of sp³-hybridized carbons (Fsp3) is 0.588. The molecule has 1 aliphatic heterocycles. The highest BCUT2D eigenvalue weighted by molar-refractivity contribution is 5.79. The maximum atomic E-state index is 12.5. The fourth-order valence-electron chi connectivity index (χ4n) is 3.46. The van der Waals surface area contributed by atoms with E-state index in [4.69, 9.17) is 0 Å². The maximum absolute atomic E-state index is 12.5. The number of rotatable bonds is 2. The van der Waals surface area contributed by atoms with Crippen LogP contribution in [-0.4, -0.2) is 42.1 Å². The molecule has 4 heteroatoms. The number of benzene rings is 1. The molecular formula is C17H24N2O2. The summed E-state index contributed by atoms with van der Waals surface area (Å²) in [6.07, 6.45) is 5.88. The molecule has 2 fully saturated rings. The predicted octanol–water partition coefficient (Wildman–Crippen LogP) is 2.62. The van der Waals surface area contributed by atoms with Gasteiger partial charge in [0.1, 0.15) is 5.75 Å². The smallest absolute Gasteiger partial charge is 0.225 e. The lowest BCUT2D eigenvalue weighted by Gasteiger charge is -2.38. The van der Waals surface area contributed by atoms with Gasteiger partial charge >= 0.3 is 0 Å². The third-order valence-electron chi connectivity index (χ3n) is 4.76. The molecular weight excluding hydrogens is 264 g/mol. The Balaban J connectivity index is 1.54. The highest BCUT2D eigenvalue weighted by Crippen LogP contribution is 2.26. The minimum Gasteiger partial charge on any atom is -0.508 e. The van der Waals surface area contributed by atoms with Gasteiger partial charge in [-0.1, -0.05) is 19.3 Å². The summed E-state index contributed by atoms with van der Waals surface area (Å²) in [6.45, 7) is 3.39. The Labute approximate surface area is 126 Å². The van der Waals surface area contributed by atoms with Crippen LogP contribution in [0.3, 0.4) is 0 Å². The maximum Gasteiger partial charge on any atom is 0.225 e. The second-order valence-corrected chi connectivity index (χ2v) is 6.16. The lowest BCUT2D eigenvalue weighted by Crippen LogP contribution is -2.50. The number of phenolic OH excluding ortho intramolecular Hbond substituents is 1. The van der Waals surface area contributed by atoms with E-state index in [2.05, 4.69) is 4.90 Å². The topological polar surface area (TPSA) is 43.8 Å². The van der Waals surface area contributed by atoms with Crippen LogP contribution in [0.25, 0.3) is 0 Å². The van der Waals surface area contributed by atoms with Gasteiger partial charge < -0.3 is 14.9 Å². The summed E-state index contributed by atoms with van der Waals surface area (Å²) in [6, 6.07) is 7.31. The minimum atomic E-state index is 0.277. The number of hydrogen-bond donors (Lipinski definition) is 1. The van der Waals surface area contributed by atoms with Crippen LogP contribution in [-0.2, 0) is 4.79 Å². The molecule has 0 unspecified atom stereocenters. The van der Waals surface area contributed by atoms with Crippen LogP contribution in [0.15, 0.2) is 24.3 Å². The standard InChI is InChI=1S/C17H24N2O2/c20-16-8-6-15(7-9-16)18-10-12-19(13-11-18)17(21)14-4-2-1-3-5-14/h6-9,14,20H,1-5,10-13H2. The second-order valence-electron chi connectivity index (χ2n) is 6.16. The van der Waals surface area contributed by atoms with Crippen molar-refractivity contribution in [2.75, 3.05) is 31.1 Å². The zero-order valence-corrected chi connectivity index (χ0v) is 12.5. The van der Waals surface area contributed by atoms with Crippen molar-refractivity contribution in [3.8, 4) is 5.75 Å². The highest BCUT2D eigenvalue weighted by atomic mass is 16.3. The van der Waals surface area contributed by atoms with E-state index in [9.17, 15) is 9.90 Å². The number of piperazine rings is 1. The van der Waals surface area contributed by atoms with Crippen LogP contribution in [0, 0.1) is 5.92 Å². The quantitative estimate of drug-likeness (QED) is 0.910. The van der Waals surface area contributed by atoms with Gasteiger partial charge in [-0.2, -0.15) is 0 Å². The van der Waals surface area contributed by atoms with Crippen molar-refractivity contribution in [3.63, 3.8) is 0 Å². The van der Waals surface area contributed by atoms with Crippen molar-refractivity contribution < 1.29 is 9.90 Å². The van der Waals surface area contributed by atoms with Gasteiger partial charge in [-0.05, 0) is 37.1 Å². The van der Waals surface area contributed by atoms with Crippen LogP contribution in [0.1, 0.15) is 32.1 Å². The molecule has 1 saturated carbocycles. The molecule has 1 heterocycles. The molecule has 114 valence electrons. The molecule has 1 N–H and O–H groups in total. The summed E-state index contributed by atoms with van der Waals surface area (Å²) in [5.74, 6) is 0.948. The van der Waals surface area contributed by atoms with E-state index in [0.29, 0.717) is 11.7 Å². The predicted molar refractivity (Wildman–Crippen MR) is 83.5 cm³/mol. The summed E-state index contributed by atoms with van der Waals surface area (Å²) < 4.78 is 0. The molecule has 1 amide bonds. The monoisotopic (exact) mass is 288 g/mol. The zero-order valence-electron chi connectivity index (χ0n) is 12.5. The SMILES string of the molecule is O=C(C1CCCCC1)N1CCN(c2ccc(O)cc2)CC1. The number of anilines is 1. The van der Waals surface area contributed by atoms with Gasteiger partial charge in [0, 0.05) is 37.8 Å². The number of carbonyl (C=O) groups is 1. The number of amides is 1. The lowest BCUT2D eigenvalue weighted by atomic mass is 9.88. The lowest BCUT2D eigenvalue weighted by molar-refractivity contribution is -0.136. The van der Waals surface area contributed by atoms with E-state index < -0.39 is 0 Å². The van der Waals surface area contributed by atoms with Gasteiger partial charge in [0.05, 0.1) is 0 Å². The Morgan fingerprint density at radius 1 is 0.952 bits per heavy atom. The van der Waals surface area contributed by atoms with E-state index in [1.807, 2.05) is 17.0 Å². The van der Waals surface area contributed by atoms with E-state index in [1.165, 1.54) is 19.3 Å². The Kier molecular flexibility index (Phi) is 4.32. The number of phenols is 1. The first-order valence-corrected chi connectivity index (χ1v) is 8.07. The van der Waals surface area contributed by atoms with E-state index in [0.717, 1.165) is 44.7 Å². The first-order valence-electron chi connectivity index (χ1n) is 8.07. The largest absolute Gasteiger partial charge is 0.508 e.